The minimum absolute atomic E-state index is 0.0109. The molecule has 1 aliphatic heterocycles. The third-order valence-electron chi connectivity index (χ3n) is 4.27. The number of hydrogen-bond donors (Lipinski definition) is 2. The predicted octanol–water partition coefficient (Wildman–Crippen LogP) is 0.842. The van der Waals surface area contributed by atoms with E-state index in [4.69, 9.17) is 9.84 Å². The molecule has 0 aliphatic carbocycles. The third-order valence-corrected chi connectivity index (χ3v) is 4.27. The van der Waals surface area contributed by atoms with E-state index in [2.05, 4.69) is 16.1 Å². The Morgan fingerprint density at radius 3 is 2.87 bits per heavy atom. The van der Waals surface area contributed by atoms with Crippen molar-refractivity contribution in [1.29, 1.82) is 0 Å². The van der Waals surface area contributed by atoms with Crippen molar-refractivity contribution in [3.63, 3.8) is 0 Å². The summed E-state index contributed by atoms with van der Waals surface area (Å²) in [4.78, 5) is 2.34. The molecule has 0 atom stereocenters. The fourth-order valence-electron chi connectivity index (χ4n) is 3.16. The third kappa shape index (κ3) is 3.39. The number of rotatable bonds is 6. The summed E-state index contributed by atoms with van der Waals surface area (Å²) in [5.74, 6) is 0.820. The molecule has 1 aromatic heterocycles. The number of aromatic nitrogens is 2. The highest BCUT2D eigenvalue weighted by molar-refractivity contribution is 5.34. The van der Waals surface area contributed by atoms with E-state index in [1.165, 1.54) is 5.69 Å². The Labute approximate surface area is 135 Å². The Kier molecular flexibility index (Phi) is 4.95. The summed E-state index contributed by atoms with van der Waals surface area (Å²) in [7, 11) is 1.94. The highest BCUT2D eigenvalue weighted by atomic mass is 16.5. The summed E-state index contributed by atoms with van der Waals surface area (Å²) in [6.45, 7) is 2.81. The maximum Gasteiger partial charge on any atom is 0.123 e. The van der Waals surface area contributed by atoms with Gasteiger partial charge in [0, 0.05) is 49.9 Å². The van der Waals surface area contributed by atoms with Crippen LogP contribution in [-0.2, 0) is 33.2 Å². The minimum Gasteiger partial charge on any atom is -0.491 e. The van der Waals surface area contributed by atoms with E-state index in [1.54, 1.807) is 0 Å². The molecule has 1 aliphatic rings. The van der Waals surface area contributed by atoms with Crippen molar-refractivity contribution >= 4 is 0 Å². The van der Waals surface area contributed by atoms with Gasteiger partial charge in [-0.1, -0.05) is 18.2 Å². The van der Waals surface area contributed by atoms with Crippen LogP contribution in [0.2, 0.25) is 0 Å². The summed E-state index contributed by atoms with van der Waals surface area (Å²) < 4.78 is 7.50. The van der Waals surface area contributed by atoms with Gasteiger partial charge in [0.1, 0.15) is 12.4 Å². The molecule has 0 spiro atoms. The van der Waals surface area contributed by atoms with E-state index in [0.29, 0.717) is 6.61 Å². The number of aliphatic hydroxyl groups is 2. The lowest BCUT2D eigenvalue weighted by Gasteiger charge is -2.28. The molecule has 0 saturated heterocycles. The zero-order valence-electron chi connectivity index (χ0n) is 13.4. The molecular weight excluding hydrogens is 294 g/mol. The van der Waals surface area contributed by atoms with E-state index >= 15 is 0 Å². The van der Waals surface area contributed by atoms with Crippen molar-refractivity contribution in [2.75, 3.05) is 19.8 Å². The Morgan fingerprint density at radius 1 is 1.26 bits per heavy atom. The van der Waals surface area contributed by atoms with Gasteiger partial charge in [0.2, 0.25) is 0 Å². The molecular formula is C17H23N3O3. The van der Waals surface area contributed by atoms with Crippen LogP contribution in [0.25, 0.3) is 0 Å². The fourth-order valence-corrected chi connectivity index (χ4v) is 3.16. The van der Waals surface area contributed by atoms with Crippen LogP contribution in [0.3, 0.4) is 0 Å². The predicted molar refractivity (Wildman–Crippen MR) is 86.0 cm³/mol. The molecule has 6 nitrogen and oxygen atoms in total. The Bertz CT molecular complexity index is 669. The average Bonchev–Trinajstić information content (AvgIpc) is 2.90. The topological polar surface area (TPSA) is 70.8 Å². The van der Waals surface area contributed by atoms with Crippen LogP contribution >= 0.6 is 0 Å². The molecule has 3 rings (SSSR count). The molecule has 2 aromatic rings. The van der Waals surface area contributed by atoms with E-state index < -0.39 is 0 Å². The molecule has 0 bridgehead atoms. The van der Waals surface area contributed by atoms with Gasteiger partial charge in [0.05, 0.1) is 18.9 Å². The van der Waals surface area contributed by atoms with E-state index in [1.807, 2.05) is 29.9 Å². The fraction of sp³-hybridized carbons (Fsp3) is 0.471. The van der Waals surface area contributed by atoms with Crippen LogP contribution in [0, 0.1) is 0 Å². The van der Waals surface area contributed by atoms with Crippen molar-refractivity contribution in [3.8, 4) is 5.75 Å². The van der Waals surface area contributed by atoms with E-state index in [-0.39, 0.29) is 13.2 Å². The van der Waals surface area contributed by atoms with Gasteiger partial charge in [0.15, 0.2) is 0 Å². The minimum atomic E-state index is -0.0206. The molecule has 0 saturated carbocycles. The lowest BCUT2D eigenvalue weighted by molar-refractivity contribution is 0.194. The van der Waals surface area contributed by atoms with Crippen molar-refractivity contribution in [2.24, 2.45) is 7.05 Å². The first-order chi connectivity index (χ1) is 11.2. The maximum absolute atomic E-state index is 9.49. The smallest absolute Gasteiger partial charge is 0.123 e. The first-order valence-corrected chi connectivity index (χ1v) is 7.91. The number of fused-ring (bicyclic) bond motifs is 1. The number of para-hydroxylation sites is 1. The van der Waals surface area contributed by atoms with Gasteiger partial charge < -0.3 is 14.9 Å². The molecule has 124 valence electrons. The molecule has 0 unspecified atom stereocenters. The second-order valence-electron chi connectivity index (χ2n) is 5.79. The van der Waals surface area contributed by atoms with Crippen LogP contribution in [0.15, 0.2) is 24.3 Å². The number of ether oxygens (including phenoxy) is 1. The zero-order chi connectivity index (χ0) is 16.2. The first-order valence-electron chi connectivity index (χ1n) is 7.91. The van der Waals surface area contributed by atoms with Gasteiger partial charge >= 0.3 is 0 Å². The Balaban J connectivity index is 1.75. The van der Waals surface area contributed by atoms with Crippen LogP contribution in [0.5, 0.6) is 5.75 Å². The monoisotopic (exact) mass is 317 g/mol. The molecule has 2 heterocycles. The maximum atomic E-state index is 9.49. The second-order valence-corrected chi connectivity index (χ2v) is 5.79. The molecule has 1 aromatic carbocycles. The van der Waals surface area contributed by atoms with Crippen molar-refractivity contribution in [1.82, 2.24) is 14.7 Å². The normalized spacial score (nSPS) is 14.7. The highest BCUT2D eigenvalue weighted by Gasteiger charge is 2.24. The van der Waals surface area contributed by atoms with Crippen LogP contribution in [0.4, 0.5) is 0 Å². The van der Waals surface area contributed by atoms with E-state index in [0.717, 1.165) is 48.6 Å². The van der Waals surface area contributed by atoms with Gasteiger partial charge in [-0.3, -0.25) is 9.58 Å². The van der Waals surface area contributed by atoms with Crippen LogP contribution < -0.4 is 4.74 Å². The lowest BCUT2D eigenvalue weighted by atomic mass is 10.0. The standard InChI is InChI=1S/C17H23N3O3/c1-19-16-6-7-20(11-14(16)15(12-22)18-19)10-13-4-2-3-5-17(13)23-9-8-21/h2-5,21-22H,6-12H2,1H3. The van der Waals surface area contributed by atoms with Crippen LogP contribution in [-0.4, -0.2) is 44.7 Å². The van der Waals surface area contributed by atoms with Crippen LogP contribution in [0.1, 0.15) is 22.5 Å². The lowest BCUT2D eigenvalue weighted by Crippen LogP contribution is -2.31. The number of nitrogens with zero attached hydrogens (tertiary/aromatic N) is 3. The molecule has 6 heteroatoms. The summed E-state index contributed by atoms with van der Waals surface area (Å²) in [5, 5.41) is 22.8. The zero-order valence-corrected chi connectivity index (χ0v) is 13.4. The quantitative estimate of drug-likeness (QED) is 0.826. The van der Waals surface area contributed by atoms with Crippen molar-refractivity contribution in [2.45, 2.75) is 26.1 Å². The Morgan fingerprint density at radius 2 is 2.09 bits per heavy atom. The van der Waals surface area contributed by atoms with Gasteiger partial charge in [-0.15, -0.1) is 0 Å². The molecule has 23 heavy (non-hydrogen) atoms. The summed E-state index contributed by atoms with van der Waals surface area (Å²) in [6.07, 6.45) is 0.929. The first kappa shape index (κ1) is 16.0. The number of hydrogen-bond acceptors (Lipinski definition) is 5. The largest absolute Gasteiger partial charge is 0.491 e. The second kappa shape index (κ2) is 7.12. The number of aliphatic hydroxyl groups excluding tert-OH is 2. The molecule has 0 fully saturated rings. The average molecular weight is 317 g/mol. The van der Waals surface area contributed by atoms with Gasteiger partial charge in [-0.2, -0.15) is 5.10 Å². The number of benzene rings is 1. The Hall–Kier alpha value is -1.89. The number of aryl methyl sites for hydroxylation is 1. The summed E-state index contributed by atoms with van der Waals surface area (Å²) in [6, 6.07) is 7.93. The van der Waals surface area contributed by atoms with Crippen molar-refractivity contribution < 1.29 is 14.9 Å². The molecule has 2 N–H and O–H groups in total. The highest BCUT2D eigenvalue weighted by Crippen LogP contribution is 2.26. The van der Waals surface area contributed by atoms with E-state index in [9.17, 15) is 5.11 Å². The summed E-state index contributed by atoms with van der Waals surface area (Å²) in [5.41, 5.74) is 4.25. The molecule has 0 radical (unpaired) electrons. The summed E-state index contributed by atoms with van der Waals surface area (Å²) >= 11 is 0. The van der Waals surface area contributed by atoms with Gasteiger partial charge in [-0.25, -0.2) is 0 Å². The van der Waals surface area contributed by atoms with Gasteiger partial charge in [-0.05, 0) is 6.07 Å². The SMILES string of the molecule is Cn1nc(CO)c2c1CCN(Cc1ccccc1OCCO)C2. The molecule has 0 amide bonds. The van der Waals surface area contributed by atoms with Gasteiger partial charge in [0.25, 0.3) is 0 Å². The van der Waals surface area contributed by atoms with Crippen molar-refractivity contribution in [3.05, 3.63) is 46.8 Å².